The van der Waals surface area contributed by atoms with Crippen molar-refractivity contribution < 1.29 is 28.5 Å². The third-order valence-corrected chi connectivity index (χ3v) is 5.89. The summed E-state index contributed by atoms with van der Waals surface area (Å²) in [6.45, 7) is 2.33. The molecule has 0 unspecified atom stereocenters. The van der Waals surface area contributed by atoms with Crippen LogP contribution >= 0.6 is 0 Å². The van der Waals surface area contributed by atoms with Gasteiger partial charge in [0.1, 0.15) is 11.5 Å². The van der Waals surface area contributed by atoms with Gasteiger partial charge in [0.2, 0.25) is 11.7 Å². The summed E-state index contributed by atoms with van der Waals surface area (Å²) < 4.78 is 21.3. The highest BCUT2D eigenvalue weighted by Crippen LogP contribution is 2.46. The Hall–Kier alpha value is -4.13. The summed E-state index contributed by atoms with van der Waals surface area (Å²) in [7, 11) is 4.61. The molecule has 2 aromatic carbocycles. The average molecular weight is 462 g/mol. The van der Waals surface area contributed by atoms with Crippen LogP contribution in [-0.2, 0) is 11.3 Å². The maximum atomic E-state index is 12.8. The largest absolute Gasteiger partial charge is 0.502 e. The van der Waals surface area contributed by atoms with Crippen molar-refractivity contribution in [1.82, 2.24) is 5.32 Å². The van der Waals surface area contributed by atoms with E-state index in [-0.39, 0.29) is 18.1 Å². The van der Waals surface area contributed by atoms with E-state index in [0.29, 0.717) is 29.6 Å². The number of carbonyl (C=O) groups excluding carboxylic acids is 1. The van der Waals surface area contributed by atoms with Gasteiger partial charge in [0.25, 0.3) is 0 Å². The lowest BCUT2D eigenvalue weighted by atomic mass is 10.00. The van der Waals surface area contributed by atoms with Crippen molar-refractivity contribution in [1.29, 1.82) is 0 Å². The van der Waals surface area contributed by atoms with Gasteiger partial charge in [-0.25, -0.2) is 0 Å². The molecule has 34 heavy (non-hydrogen) atoms. The highest BCUT2D eigenvalue weighted by molar-refractivity contribution is 6.08. The molecule has 0 radical (unpaired) electrons. The SMILES string of the molecule is COc1ccc2c(c1)C(CC(=O)NCc1ccco1)=C(C)/C2=C/c1cc(OC)c(O)c(OC)c1. The van der Waals surface area contributed by atoms with Crippen molar-refractivity contribution in [3.05, 3.63) is 76.8 Å². The summed E-state index contributed by atoms with van der Waals surface area (Å²) in [6.07, 6.45) is 3.79. The molecule has 1 heterocycles. The Bertz CT molecular complexity index is 1250. The molecule has 2 N–H and O–H groups in total. The molecule has 0 atom stereocenters. The number of benzene rings is 2. The molecule has 176 valence electrons. The number of allylic oxidation sites excluding steroid dienone is 2. The number of hydrogen-bond donors (Lipinski definition) is 2. The van der Waals surface area contributed by atoms with Crippen molar-refractivity contribution in [2.24, 2.45) is 0 Å². The Kier molecular flexibility index (Phi) is 6.63. The van der Waals surface area contributed by atoms with E-state index in [1.165, 1.54) is 14.2 Å². The Morgan fingerprint density at radius 3 is 2.38 bits per heavy atom. The van der Waals surface area contributed by atoms with E-state index >= 15 is 0 Å². The molecule has 7 nitrogen and oxygen atoms in total. The first-order valence-corrected chi connectivity index (χ1v) is 10.8. The first kappa shape index (κ1) is 23.0. The fourth-order valence-electron chi connectivity index (χ4n) is 4.10. The minimum atomic E-state index is -0.103. The van der Waals surface area contributed by atoms with Gasteiger partial charge in [0.05, 0.1) is 40.6 Å². The van der Waals surface area contributed by atoms with Crippen molar-refractivity contribution in [3.8, 4) is 23.0 Å². The summed E-state index contributed by atoms with van der Waals surface area (Å²) in [5, 5.41) is 13.2. The number of phenols is 1. The van der Waals surface area contributed by atoms with Crippen LogP contribution in [0.25, 0.3) is 17.2 Å². The Morgan fingerprint density at radius 1 is 1.03 bits per heavy atom. The number of hydrogen-bond acceptors (Lipinski definition) is 6. The summed E-state index contributed by atoms with van der Waals surface area (Å²) in [5.41, 5.74) is 5.64. The second-order valence-corrected chi connectivity index (χ2v) is 7.88. The van der Waals surface area contributed by atoms with Crippen LogP contribution in [0.2, 0.25) is 0 Å². The number of carbonyl (C=O) groups is 1. The number of methoxy groups -OCH3 is 3. The second kappa shape index (κ2) is 9.79. The monoisotopic (exact) mass is 461 g/mol. The third kappa shape index (κ3) is 4.50. The molecule has 0 saturated heterocycles. The minimum absolute atomic E-state index is 0.0510. The normalized spacial score (nSPS) is 13.7. The van der Waals surface area contributed by atoms with Crippen LogP contribution < -0.4 is 19.5 Å². The standard InChI is InChI=1S/C27H27NO6/c1-16-21(10-17-11-24(32-3)27(30)25(12-17)33-4)20-8-7-18(31-2)13-23(20)22(16)14-26(29)28-15-19-6-5-9-34-19/h5-13,30H,14-15H2,1-4H3,(H,28,29)/b21-10-. The van der Waals surface area contributed by atoms with Crippen LogP contribution in [0.3, 0.4) is 0 Å². The van der Waals surface area contributed by atoms with Crippen LogP contribution in [0.5, 0.6) is 23.0 Å². The smallest absolute Gasteiger partial charge is 0.224 e. The molecule has 1 amide bonds. The number of aromatic hydroxyl groups is 1. The molecule has 1 aromatic heterocycles. The van der Waals surface area contributed by atoms with Gasteiger partial charge < -0.3 is 29.1 Å². The van der Waals surface area contributed by atoms with Gasteiger partial charge in [0.15, 0.2) is 11.5 Å². The molecule has 4 rings (SSSR count). The molecule has 3 aromatic rings. The van der Waals surface area contributed by atoms with Crippen LogP contribution in [0, 0.1) is 0 Å². The molecular formula is C27H27NO6. The van der Waals surface area contributed by atoms with E-state index < -0.39 is 0 Å². The predicted octanol–water partition coefficient (Wildman–Crippen LogP) is 5.05. The molecule has 1 aliphatic rings. The van der Waals surface area contributed by atoms with E-state index in [4.69, 9.17) is 18.6 Å². The van der Waals surface area contributed by atoms with Gasteiger partial charge in [-0.1, -0.05) is 6.07 Å². The number of ether oxygens (including phenoxy) is 3. The van der Waals surface area contributed by atoms with Gasteiger partial charge >= 0.3 is 0 Å². The summed E-state index contributed by atoms with van der Waals surface area (Å²) in [6, 6.07) is 12.9. The number of amides is 1. The molecule has 1 aliphatic carbocycles. The Balaban J connectivity index is 1.72. The quantitative estimate of drug-likeness (QED) is 0.488. The van der Waals surface area contributed by atoms with Crippen LogP contribution in [0.4, 0.5) is 0 Å². The number of rotatable bonds is 8. The van der Waals surface area contributed by atoms with Crippen LogP contribution in [0.1, 0.15) is 35.8 Å². The first-order chi connectivity index (χ1) is 16.4. The Labute approximate surface area is 198 Å². The van der Waals surface area contributed by atoms with Gasteiger partial charge in [0, 0.05) is 0 Å². The lowest BCUT2D eigenvalue weighted by Crippen LogP contribution is -2.22. The zero-order valence-electron chi connectivity index (χ0n) is 19.6. The van der Waals surface area contributed by atoms with Gasteiger partial charge in [-0.3, -0.25) is 4.79 Å². The maximum Gasteiger partial charge on any atom is 0.224 e. The predicted molar refractivity (Wildman–Crippen MR) is 130 cm³/mol. The van der Waals surface area contributed by atoms with E-state index in [2.05, 4.69) is 5.32 Å². The zero-order chi connectivity index (χ0) is 24.2. The van der Waals surface area contributed by atoms with Crippen molar-refractivity contribution >= 4 is 23.1 Å². The molecule has 0 fully saturated rings. The van der Waals surface area contributed by atoms with Gasteiger partial charge in [-0.15, -0.1) is 0 Å². The van der Waals surface area contributed by atoms with Crippen LogP contribution in [-0.4, -0.2) is 32.3 Å². The van der Waals surface area contributed by atoms with Crippen molar-refractivity contribution in [3.63, 3.8) is 0 Å². The summed E-state index contributed by atoms with van der Waals surface area (Å²) >= 11 is 0. The molecule has 0 aliphatic heterocycles. The topological polar surface area (TPSA) is 90.2 Å². The van der Waals surface area contributed by atoms with E-state index in [1.807, 2.05) is 37.3 Å². The van der Waals surface area contributed by atoms with Crippen LogP contribution in [0.15, 0.2) is 58.7 Å². The number of fused-ring (bicyclic) bond motifs is 1. The summed E-state index contributed by atoms with van der Waals surface area (Å²) in [5.74, 6) is 1.90. The fourth-order valence-corrected chi connectivity index (χ4v) is 4.10. The molecular weight excluding hydrogens is 434 g/mol. The van der Waals surface area contributed by atoms with Crippen molar-refractivity contribution in [2.45, 2.75) is 19.9 Å². The summed E-state index contributed by atoms with van der Waals surface area (Å²) in [4.78, 5) is 12.8. The lowest BCUT2D eigenvalue weighted by molar-refractivity contribution is -0.120. The van der Waals surface area contributed by atoms with Crippen molar-refractivity contribution in [2.75, 3.05) is 21.3 Å². The zero-order valence-corrected chi connectivity index (χ0v) is 19.6. The van der Waals surface area contributed by atoms with Gasteiger partial charge in [-0.05, 0) is 82.8 Å². The number of nitrogens with one attached hydrogen (secondary N) is 1. The Morgan fingerprint density at radius 2 is 1.76 bits per heavy atom. The fraction of sp³-hybridized carbons (Fsp3) is 0.222. The third-order valence-electron chi connectivity index (χ3n) is 5.89. The maximum absolute atomic E-state index is 12.8. The molecule has 0 bridgehead atoms. The van der Waals surface area contributed by atoms with Gasteiger partial charge in [-0.2, -0.15) is 0 Å². The number of furan rings is 1. The minimum Gasteiger partial charge on any atom is -0.502 e. The molecule has 0 spiro atoms. The number of phenolic OH excluding ortho intramolecular Hbond substituents is 1. The first-order valence-electron chi connectivity index (χ1n) is 10.8. The highest BCUT2D eigenvalue weighted by atomic mass is 16.5. The van der Waals surface area contributed by atoms with E-state index in [1.54, 1.807) is 31.6 Å². The molecule has 7 heteroatoms. The average Bonchev–Trinajstić information content (AvgIpc) is 3.46. The van der Waals surface area contributed by atoms with E-state index in [0.717, 1.165) is 33.4 Å². The second-order valence-electron chi connectivity index (χ2n) is 7.88. The van der Waals surface area contributed by atoms with E-state index in [9.17, 15) is 9.90 Å². The molecule has 0 saturated carbocycles. The lowest BCUT2D eigenvalue weighted by Gasteiger charge is -2.11. The highest BCUT2D eigenvalue weighted by Gasteiger charge is 2.26.